The zero-order valence-corrected chi connectivity index (χ0v) is 17.9. The van der Waals surface area contributed by atoms with Gasteiger partial charge in [0.05, 0.1) is 12.0 Å². The fraction of sp³-hybridized carbons (Fsp3) is 0.182. The minimum atomic E-state index is -3.69. The van der Waals surface area contributed by atoms with Gasteiger partial charge in [-0.05, 0) is 48.5 Å². The first-order valence-electron chi connectivity index (χ1n) is 9.55. The van der Waals surface area contributed by atoms with Crippen LogP contribution in [0.25, 0.3) is 11.3 Å². The molecular formula is C22H19ClN2O5S. The van der Waals surface area contributed by atoms with E-state index >= 15 is 0 Å². The molecule has 2 amide bonds. The Labute approximate surface area is 184 Å². The molecule has 3 aromatic rings. The van der Waals surface area contributed by atoms with Crippen LogP contribution in [0.3, 0.4) is 0 Å². The number of hydrogen-bond donors (Lipinski definition) is 1. The fourth-order valence-corrected chi connectivity index (χ4v) is 5.08. The number of carbonyl (C=O) groups is 2. The van der Waals surface area contributed by atoms with E-state index in [2.05, 4.69) is 5.32 Å². The van der Waals surface area contributed by atoms with E-state index in [4.69, 9.17) is 16.0 Å². The zero-order chi connectivity index (χ0) is 22.0. The van der Waals surface area contributed by atoms with E-state index in [0.29, 0.717) is 22.0 Å². The third-order valence-corrected chi connectivity index (χ3v) is 7.31. The van der Waals surface area contributed by atoms with Crippen LogP contribution in [-0.4, -0.2) is 49.2 Å². The number of nitrogens with zero attached hydrogens (tertiary/aromatic N) is 1. The predicted molar refractivity (Wildman–Crippen MR) is 118 cm³/mol. The van der Waals surface area contributed by atoms with Gasteiger partial charge in [0.2, 0.25) is 5.91 Å². The molecule has 9 heteroatoms. The number of hydrogen-bond acceptors (Lipinski definition) is 5. The monoisotopic (exact) mass is 458 g/mol. The molecule has 1 saturated heterocycles. The van der Waals surface area contributed by atoms with Gasteiger partial charge in [-0.3, -0.25) is 9.59 Å². The van der Waals surface area contributed by atoms with E-state index in [9.17, 15) is 18.0 Å². The standard InChI is InChI=1S/C22H19ClN2O5S/c23-17-6-8-18(9-7-17)24-21(26)20-14-25(10-12-31(20,28)29)22(27)16-4-1-3-15(13-16)19-5-2-11-30-19/h1-9,11,13,20H,10,12,14H2,(H,24,26). The Morgan fingerprint density at radius 1 is 1.06 bits per heavy atom. The van der Waals surface area contributed by atoms with Crippen molar-refractivity contribution in [3.05, 3.63) is 77.5 Å². The predicted octanol–water partition coefficient (Wildman–Crippen LogP) is 3.48. The molecular weight excluding hydrogens is 440 g/mol. The quantitative estimate of drug-likeness (QED) is 0.645. The maximum absolute atomic E-state index is 13.1. The smallest absolute Gasteiger partial charge is 0.253 e. The Morgan fingerprint density at radius 3 is 2.55 bits per heavy atom. The van der Waals surface area contributed by atoms with E-state index in [0.717, 1.165) is 5.56 Å². The summed E-state index contributed by atoms with van der Waals surface area (Å²) >= 11 is 5.84. The molecule has 31 heavy (non-hydrogen) atoms. The van der Waals surface area contributed by atoms with Gasteiger partial charge in [-0.2, -0.15) is 0 Å². The summed E-state index contributed by atoms with van der Waals surface area (Å²) in [6, 6.07) is 16.8. The second kappa shape index (κ2) is 8.56. The number of halogens is 1. The Kier molecular flexibility index (Phi) is 5.84. The van der Waals surface area contributed by atoms with E-state index in [1.165, 1.54) is 4.90 Å². The lowest BCUT2D eigenvalue weighted by atomic mass is 10.1. The topological polar surface area (TPSA) is 96.7 Å². The average Bonchev–Trinajstić information content (AvgIpc) is 3.30. The van der Waals surface area contributed by atoms with E-state index < -0.39 is 21.0 Å². The van der Waals surface area contributed by atoms with Crippen molar-refractivity contribution in [3.8, 4) is 11.3 Å². The van der Waals surface area contributed by atoms with Gasteiger partial charge in [0.25, 0.3) is 5.91 Å². The van der Waals surface area contributed by atoms with Crippen molar-refractivity contribution < 1.29 is 22.4 Å². The second-order valence-electron chi connectivity index (χ2n) is 7.16. The summed E-state index contributed by atoms with van der Waals surface area (Å²) in [5.74, 6) is -0.678. The summed E-state index contributed by atoms with van der Waals surface area (Å²) in [7, 11) is -3.69. The third-order valence-electron chi connectivity index (χ3n) is 5.07. The Balaban J connectivity index is 1.52. The number of benzene rings is 2. The first-order chi connectivity index (χ1) is 14.8. The first-order valence-corrected chi connectivity index (χ1v) is 11.6. The maximum Gasteiger partial charge on any atom is 0.253 e. The minimum absolute atomic E-state index is 0.0247. The van der Waals surface area contributed by atoms with Gasteiger partial charge in [0.15, 0.2) is 15.1 Å². The Bertz CT molecular complexity index is 1210. The molecule has 0 spiro atoms. The van der Waals surface area contributed by atoms with Gasteiger partial charge in [0, 0.05) is 34.9 Å². The molecule has 0 bridgehead atoms. The van der Waals surface area contributed by atoms with Crippen LogP contribution < -0.4 is 5.32 Å². The molecule has 1 unspecified atom stereocenters. The number of carbonyl (C=O) groups excluding carboxylic acids is 2. The van der Waals surface area contributed by atoms with Crippen molar-refractivity contribution >= 4 is 38.9 Å². The molecule has 160 valence electrons. The summed E-state index contributed by atoms with van der Waals surface area (Å²) in [6.45, 7) is -0.192. The highest BCUT2D eigenvalue weighted by Gasteiger charge is 2.40. The van der Waals surface area contributed by atoms with Crippen molar-refractivity contribution in [2.75, 3.05) is 24.2 Å². The lowest BCUT2D eigenvalue weighted by Crippen LogP contribution is -2.53. The number of amides is 2. The second-order valence-corrected chi connectivity index (χ2v) is 9.90. The molecule has 0 saturated carbocycles. The highest BCUT2D eigenvalue weighted by Crippen LogP contribution is 2.23. The van der Waals surface area contributed by atoms with Crippen LogP contribution in [0.2, 0.25) is 5.02 Å². The van der Waals surface area contributed by atoms with Crippen LogP contribution in [-0.2, 0) is 14.6 Å². The normalized spacial score (nSPS) is 17.8. The first kappa shape index (κ1) is 21.1. The molecule has 1 aliphatic heterocycles. The number of anilines is 1. The van der Waals surface area contributed by atoms with Crippen molar-refractivity contribution in [2.24, 2.45) is 0 Å². The van der Waals surface area contributed by atoms with Gasteiger partial charge >= 0.3 is 0 Å². The van der Waals surface area contributed by atoms with E-state index in [1.807, 2.05) is 6.07 Å². The molecule has 1 aliphatic rings. The summed E-state index contributed by atoms with van der Waals surface area (Å²) < 4.78 is 30.5. The van der Waals surface area contributed by atoms with Crippen molar-refractivity contribution in [1.29, 1.82) is 0 Å². The van der Waals surface area contributed by atoms with Crippen molar-refractivity contribution in [2.45, 2.75) is 5.25 Å². The Hall–Kier alpha value is -3.10. The van der Waals surface area contributed by atoms with Gasteiger partial charge < -0.3 is 14.6 Å². The van der Waals surface area contributed by atoms with Gasteiger partial charge in [-0.25, -0.2) is 8.42 Å². The van der Waals surface area contributed by atoms with Crippen LogP contribution in [0.15, 0.2) is 71.3 Å². The molecule has 0 radical (unpaired) electrons. The molecule has 1 N–H and O–H groups in total. The van der Waals surface area contributed by atoms with Crippen LogP contribution in [0, 0.1) is 0 Å². The molecule has 2 aromatic carbocycles. The zero-order valence-electron chi connectivity index (χ0n) is 16.3. The summed E-state index contributed by atoms with van der Waals surface area (Å²) in [5.41, 5.74) is 1.56. The lowest BCUT2D eigenvalue weighted by molar-refractivity contribution is -0.116. The SMILES string of the molecule is O=C(Nc1ccc(Cl)cc1)C1CN(C(=O)c2cccc(-c3ccco3)c2)CCS1(=O)=O. The number of nitrogens with one attached hydrogen (secondary N) is 1. The Morgan fingerprint density at radius 2 is 1.84 bits per heavy atom. The van der Waals surface area contributed by atoms with Crippen molar-refractivity contribution in [1.82, 2.24) is 4.90 Å². The van der Waals surface area contributed by atoms with Gasteiger partial charge in [-0.15, -0.1) is 0 Å². The van der Waals surface area contributed by atoms with E-state index in [1.54, 1.807) is 60.9 Å². The highest BCUT2D eigenvalue weighted by molar-refractivity contribution is 7.92. The number of rotatable bonds is 4. The highest BCUT2D eigenvalue weighted by atomic mass is 35.5. The lowest BCUT2D eigenvalue weighted by Gasteiger charge is -2.32. The molecule has 1 fully saturated rings. The third kappa shape index (κ3) is 4.65. The molecule has 4 rings (SSSR count). The average molecular weight is 459 g/mol. The summed E-state index contributed by atoms with van der Waals surface area (Å²) in [5, 5.41) is 1.74. The van der Waals surface area contributed by atoms with Crippen LogP contribution in [0.5, 0.6) is 0 Å². The van der Waals surface area contributed by atoms with Crippen LogP contribution in [0.4, 0.5) is 5.69 Å². The van der Waals surface area contributed by atoms with Crippen molar-refractivity contribution in [3.63, 3.8) is 0 Å². The van der Waals surface area contributed by atoms with Gasteiger partial charge in [0.1, 0.15) is 5.76 Å². The maximum atomic E-state index is 13.1. The van der Waals surface area contributed by atoms with Crippen LogP contribution in [0.1, 0.15) is 10.4 Å². The fourth-order valence-electron chi connectivity index (χ4n) is 3.40. The minimum Gasteiger partial charge on any atom is -0.464 e. The van der Waals surface area contributed by atoms with Gasteiger partial charge in [-0.1, -0.05) is 23.7 Å². The largest absolute Gasteiger partial charge is 0.464 e. The molecule has 0 aliphatic carbocycles. The van der Waals surface area contributed by atoms with Crippen LogP contribution >= 0.6 is 11.6 Å². The molecule has 1 atom stereocenters. The van der Waals surface area contributed by atoms with E-state index in [-0.39, 0.29) is 24.7 Å². The summed E-state index contributed by atoms with van der Waals surface area (Å²) in [6.07, 6.45) is 1.54. The number of sulfone groups is 1. The molecule has 1 aromatic heterocycles. The molecule has 7 nitrogen and oxygen atoms in total. The molecule has 2 heterocycles. The summed E-state index contributed by atoms with van der Waals surface area (Å²) in [4.78, 5) is 27.2. The number of furan rings is 1.